The zero-order valence-corrected chi connectivity index (χ0v) is 22.2. The summed E-state index contributed by atoms with van der Waals surface area (Å²) < 4.78 is 0. The Bertz CT molecular complexity index is 1230. The fourth-order valence-electron chi connectivity index (χ4n) is 5.63. The van der Waals surface area contributed by atoms with Crippen LogP contribution in [0.15, 0.2) is 48.8 Å². The molecular formula is C30H38N6O2. The highest BCUT2D eigenvalue weighted by atomic mass is 16.4. The third kappa shape index (κ3) is 6.06. The van der Waals surface area contributed by atoms with Crippen molar-refractivity contribution >= 4 is 23.4 Å². The fourth-order valence-corrected chi connectivity index (χ4v) is 5.63. The first-order valence-corrected chi connectivity index (χ1v) is 14.0. The highest BCUT2D eigenvalue weighted by molar-refractivity contribution is 5.71. The predicted molar refractivity (Wildman–Crippen MR) is 151 cm³/mol. The lowest BCUT2D eigenvalue weighted by atomic mass is 9.92. The van der Waals surface area contributed by atoms with E-state index in [1.54, 1.807) is 6.33 Å². The lowest BCUT2D eigenvalue weighted by Crippen LogP contribution is -2.35. The van der Waals surface area contributed by atoms with Crippen LogP contribution >= 0.6 is 0 Å². The number of hydrogen-bond donors (Lipinski definition) is 3. The molecule has 38 heavy (non-hydrogen) atoms. The van der Waals surface area contributed by atoms with Crippen LogP contribution in [0.1, 0.15) is 60.9 Å². The Morgan fingerprint density at radius 2 is 1.97 bits per heavy atom. The molecule has 0 unspecified atom stereocenters. The lowest BCUT2D eigenvalue weighted by Gasteiger charge is -2.34. The van der Waals surface area contributed by atoms with Crippen LogP contribution in [0.25, 0.3) is 0 Å². The molecule has 1 fully saturated rings. The molecule has 1 atom stereocenters. The smallest absolute Gasteiger partial charge is 0.308 e. The minimum absolute atomic E-state index is 0.339. The Morgan fingerprint density at radius 3 is 2.74 bits per heavy atom. The third-order valence-corrected chi connectivity index (χ3v) is 7.89. The summed E-state index contributed by atoms with van der Waals surface area (Å²) in [6.45, 7) is 5.27. The van der Waals surface area contributed by atoms with Gasteiger partial charge in [-0.25, -0.2) is 15.0 Å². The van der Waals surface area contributed by atoms with Crippen molar-refractivity contribution < 1.29 is 9.90 Å². The number of benzene rings is 1. The van der Waals surface area contributed by atoms with Gasteiger partial charge in [0, 0.05) is 43.4 Å². The lowest BCUT2D eigenvalue weighted by molar-refractivity contribution is -0.141. The predicted octanol–water partition coefficient (Wildman–Crippen LogP) is 4.92. The van der Waals surface area contributed by atoms with Gasteiger partial charge in [-0.15, -0.1) is 0 Å². The number of nitrogens with zero attached hydrogens (tertiary/aromatic N) is 4. The molecule has 0 radical (unpaired) electrons. The fraction of sp³-hybridized carbons (Fsp3) is 0.467. The minimum Gasteiger partial charge on any atom is -0.481 e. The van der Waals surface area contributed by atoms with E-state index in [-0.39, 0.29) is 0 Å². The van der Waals surface area contributed by atoms with Crippen LogP contribution in [0.2, 0.25) is 0 Å². The molecule has 4 heterocycles. The maximum Gasteiger partial charge on any atom is 0.308 e. The number of fused-ring (bicyclic) bond motifs is 1. The average Bonchev–Trinajstić information content (AvgIpc) is 2.97. The van der Waals surface area contributed by atoms with E-state index in [1.165, 1.54) is 17.7 Å². The molecule has 0 bridgehead atoms. The Labute approximate surface area is 224 Å². The Balaban J connectivity index is 1.22. The van der Waals surface area contributed by atoms with Gasteiger partial charge in [-0.3, -0.25) is 4.79 Å². The van der Waals surface area contributed by atoms with E-state index in [0.717, 1.165) is 80.3 Å². The van der Waals surface area contributed by atoms with Crippen LogP contribution < -0.4 is 15.5 Å². The summed E-state index contributed by atoms with van der Waals surface area (Å²) in [5.74, 6) is 1.94. The molecule has 2 aliphatic heterocycles. The molecule has 2 aromatic heterocycles. The summed E-state index contributed by atoms with van der Waals surface area (Å²) in [7, 11) is 0. The van der Waals surface area contributed by atoms with Crippen LogP contribution in [0.3, 0.4) is 0 Å². The van der Waals surface area contributed by atoms with Crippen LogP contribution in [0.5, 0.6) is 0 Å². The van der Waals surface area contributed by atoms with Crippen LogP contribution in [-0.4, -0.2) is 52.2 Å². The van der Waals surface area contributed by atoms with Crippen LogP contribution in [0, 0.1) is 5.92 Å². The number of nitrogens with one attached hydrogen (secondary N) is 2. The molecule has 3 aromatic rings. The van der Waals surface area contributed by atoms with Gasteiger partial charge in [0.1, 0.15) is 23.8 Å². The van der Waals surface area contributed by atoms with E-state index < -0.39 is 11.9 Å². The monoisotopic (exact) mass is 514 g/mol. The quantitative estimate of drug-likeness (QED) is 0.350. The molecule has 5 rings (SSSR count). The highest BCUT2D eigenvalue weighted by Gasteiger charge is 2.26. The number of piperidine rings is 1. The maximum absolute atomic E-state index is 11.9. The Hall–Kier alpha value is -3.68. The average molecular weight is 515 g/mol. The van der Waals surface area contributed by atoms with Crippen molar-refractivity contribution in [3.63, 3.8) is 0 Å². The van der Waals surface area contributed by atoms with Gasteiger partial charge in [-0.1, -0.05) is 43.3 Å². The van der Waals surface area contributed by atoms with Gasteiger partial charge in [-0.05, 0) is 62.1 Å². The summed E-state index contributed by atoms with van der Waals surface area (Å²) >= 11 is 0. The second kappa shape index (κ2) is 12.2. The molecule has 2 aliphatic rings. The number of rotatable bonds is 10. The summed E-state index contributed by atoms with van der Waals surface area (Å²) in [5.41, 5.74) is 4.72. The van der Waals surface area contributed by atoms with Gasteiger partial charge in [0.05, 0.1) is 5.92 Å². The molecular weight excluding hydrogens is 476 g/mol. The standard InChI is InChI=1S/C30H38N6O2/c1-2-25-28(32-19-24(30(37)38)11-10-21-7-4-3-5-8-21)33-20-34-29(25)36-17-14-22(15-18-36)26-13-12-23-9-6-16-31-27(23)35-26/h3-5,7-8,12-13,20,22,24H,2,6,9-11,14-19H2,1H3,(H,31,35)(H,37,38)(H,32,33,34)/t24-/m0/s1. The third-order valence-electron chi connectivity index (χ3n) is 7.89. The van der Waals surface area contributed by atoms with Crippen molar-refractivity contribution in [3.05, 3.63) is 71.2 Å². The summed E-state index contributed by atoms with van der Waals surface area (Å²) in [6, 6.07) is 14.5. The highest BCUT2D eigenvalue weighted by Crippen LogP contribution is 2.33. The van der Waals surface area contributed by atoms with Crippen molar-refractivity contribution in [3.8, 4) is 0 Å². The summed E-state index contributed by atoms with van der Waals surface area (Å²) in [4.78, 5) is 28.4. The molecule has 8 nitrogen and oxygen atoms in total. The molecule has 0 amide bonds. The molecule has 0 spiro atoms. The zero-order valence-electron chi connectivity index (χ0n) is 22.2. The normalized spacial score (nSPS) is 16.4. The largest absolute Gasteiger partial charge is 0.481 e. The summed E-state index contributed by atoms with van der Waals surface area (Å²) in [5, 5.41) is 16.6. The molecule has 0 aliphatic carbocycles. The van der Waals surface area contributed by atoms with Crippen molar-refractivity contribution in [2.45, 2.75) is 57.8 Å². The number of aliphatic carboxylic acids is 1. The SMILES string of the molecule is CCc1c(NC[C@H](CCc2ccccc2)C(=O)O)ncnc1N1CCC(c2ccc3c(n2)NCCC3)CC1. The van der Waals surface area contributed by atoms with Gasteiger partial charge < -0.3 is 20.6 Å². The zero-order chi connectivity index (χ0) is 26.3. The molecule has 1 saturated heterocycles. The van der Waals surface area contributed by atoms with E-state index in [1.807, 2.05) is 30.3 Å². The van der Waals surface area contributed by atoms with Crippen LogP contribution in [0.4, 0.5) is 17.5 Å². The first-order chi connectivity index (χ1) is 18.6. The number of carboxylic acids is 1. The second-order valence-electron chi connectivity index (χ2n) is 10.4. The number of aryl methyl sites for hydroxylation is 2. The van der Waals surface area contributed by atoms with Gasteiger partial charge in [0.25, 0.3) is 0 Å². The van der Waals surface area contributed by atoms with E-state index in [0.29, 0.717) is 18.9 Å². The Kier molecular flexibility index (Phi) is 8.36. The van der Waals surface area contributed by atoms with E-state index in [4.69, 9.17) is 4.98 Å². The topological polar surface area (TPSA) is 103 Å². The molecule has 0 saturated carbocycles. The number of anilines is 3. The van der Waals surface area contributed by atoms with E-state index in [9.17, 15) is 9.90 Å². The number of pyridine rings is 1. The summed E-state index contributed by atoms with van der Waals surface area (Å²) in [6.07, 6.45) is 8.03. The molecule has 8 heteroatoms. The van der Waals surface area contributed by atoms with Crippen molar-refractivity contribution in [2.24, 2.45) is 5.92 Å². The van der Waals surface area contributed by atoms with E-state index in [2.05, 4.69) is 44.6 Å². The van der Waals surface area contributed by atoms with Crippen molar-refractivity contribution in [1.82, 2.24) is 15.0 Å². The second-order valence-corrected chi connectivity index (χ2v) is 10.4. The van der Waals surface area contributed by atoms with Crippen molar-refractivity contribution in [1.29, 1.82) is 0 Å². The maximum atomic E-state index is 11.9. The van der Waals surface area contributed by atoms with Crippen molar-refractivity contribution in [2.75, 3.05) is 41.7 Å². The van der Waals surface area contributed by atoms with Gasteiger partial charge >= 0.3 is 5.97 Å². The first-order valence-electron chi connectivity index (χ1n) is 14.0. The minimum atomic E-state index is -0.784. The van der Waals surface area contributed by atoms with Gasteiger partial charge in [0.15, 0.2) is 0 Å². The number of aromatic nitrogens is 3. The van der Waals surface area contributed by atoms with Gasteiger partial charge in [-0.2, -0.15) is 0 Å². The van der Waals surface area contributed by atoms with E-state index >= 15 is 0 Å². The molecule has 3 N–H and O–H groups in total. The number of hydrogen-bond acceptors (Lipinski definition) is 7. The first kappa shape index (κ1) is 25.9. The number of carbonyl (C=O) groups is 1. The molecule has 1 aromatic carbocycles. The number of carboxylic acid groups (broad SMARTS) is 1. The van der Waals surface area contributed by atoms with Crippen LogP contribution in [-0.2, 0) is 24.1 Å². The molecule has 200 valence electrons. The van der Waals surface area contributed by atoms with Gasteiger partial charge in [0.2, 0.25) is 0 Å². The Morgan fingerprint density at radius 1 is 1.16 bits per heavy atom.